The number of ether oxygens (including phenoxy) is 2. The Morgan fingerprint density at radius 2 is 1.95 bits per heavy atom. The second-order valence-electron chi connectivity index (χ2n) is 9.09. The molecule has 1 aliphatic heterocycles. The maximum absolute atomic E-state index is 14.2. The molecule has 1 saturated heterocycles. The molecule has 3 aromatic rings. The van der Waals surface area contributed by atoms with Crippen LogP contribution in [0.25, 0.3) is 0 Å². The number of benzene rings is 2. The van der Waals surface area contributed by atoms with E-state index in [-0.39, 0.29) is 22.4 Å². The van der Waals surface area contributed by atoms with Crippen molar-refractivity contribution in [3.05, 3.63) is 69.7 Å². The van der Waals surface area contributed by atoms with Crippen molar-refractivity contribution in [2.24, 2.45) is 5.73 Å². The maximum Gasteiger partial charge on any atom is 0.273 e. The molecule has 2 aromatic carbocycles. The van der Waals surface area contributed by atoms with Gasteiger partial charge < -0.3 is 26.3 Å². The number of hydrogen-bond donors (Lipinski definition) is 3. The topological polar surface area (TPSA) is 150 Å². The van der Waals surface area contributed by atoms with Crippen molar-refractivity contribution >= 4 is 40.6 Å². The highest BCUT2D eigenvalue weighted by atomic mass is 32.1. The van der Waals surface area contributed by atoms with Gasteiger partial charge in [-0.15, -0.1) is 0 Å². The molecule has 0 spiro atoms. The second-order valence-corrected chi connectivity index (χ2v) is 9.86. The fraction of sp³-hybridized carbons (Fsp3) is 0.333. The van der Waals surface area contributed by atoms with Crippen molar-refractivity contribution < 1.29 is 23.9 Å². The Bertz CT molecular complexity index is 1330. The summed E-state index contributed by atoms with van der Waals surface area (Å²) < 4.78 is 15.0. The molecule has 4 rings (SSSR count). The standard InChI is InChI=1S/C27H31N5O5S/c1-15-6-4-8-20(16(15)2)32(27(35)24-21(28)22(25(29)33)31-38-24)23(17-9-11-18(36-3)12-10-17)26(34)30-14-19-7-5-13-37-19/h4,6,8-12,19,23H,5,7,13-14,28H2,1-3H3,(H2,29,33)(H,30,34)/t19-,23+/m0/s1. The smallest absolute Gasteiger partial charge is 0.273 e. The van der Waals surface area contributed by atoms with Crippen LogP contribution in [0.1, 0.15) is 55.7 Å². The third-order valence-corrected chi connectivity index (χ3v) is 7.53. The Kier molecular flexibility index (Phi) is 8.28. The van der Waals surface area contributed by atoms with Crippen LogP contribution >= 0.6 is 11.5 Å². The molecule has 0 aliphatic carbocycles. The third-order valence-electron chi connectivity index (χ3n) is 6.68. The fourth-order valence-electron chi connectivity index (χ4n) is 4.42. The van der Waals surface area contributed by atoms with Crippen molar-refractivity contribution in [3.63, 3.8) is 0 Å². The molecule has 2 atom stereocenters. The van der Waals surface area contributed by atoms with E-state index in [9.17, 15) is 14.4 Å². The second kappa shape index (κ2) is 11.6. The van der Waals surface area contributed by atoms with Crippen molar-refractivity contribution in [3.8, 4) is 5.75 Å². The predicted molar refractivity (Wildman–Crippen MR) is 145 cm³/mol. The molecule has 1 aliphatic rings. The van der Waals surface area contributed by atoms with Crippen LogP contribution in [0.15, 0.2) is 42.5 Å². The van der Waals surface area contributed by atoms with Crippen molar-refractivity contribution in [1.29, 1.82) is 0 Å². The number of carbonyl (C=O) groups excluding carboxylic acids is 3. The van der Waals surface area contributed by atoms with Gasteiger partial charge in [-0.3, -0.25) is 19.3 Å². The fourth-order valence-corrected chi connectivity index (χ4v) is 5.16. The molecule has 11 heteroatoms. The summed E-state index contributed by atoms with van der Waals surface area (Å²) in [6, 6.07) is 11.4. The molecule has 1 aromatic heterocycles. The Morgan fingerprint density at radius 3 is 2.55 bits per heavy atom. The number of nitrogens with zero attached hydrogens (tertiary/aromatic N) is 2. The summed E-state index contributed by atoms with van der Waals surface area (Å²) in [6.07, 6.45) is 1.69. The molecular weight excluding hydrogens is 506 g/mol. The Balaban J connectivity index is 1.85. The first-order valence-corrected chi connectivity index (χ1v) is 13.0. The summed E-state index contributed by atoms with van der Waals surface area (Å²) in [6.45, 7) is 4.77. The summed E-state index contributed by atoms with van der Waals surface area (Å²) in [7, 11) is 1.55. The Hall–Kier alpha value is -3.96. The molecule has 1 fully saturated rings. The quantitative estimate of drug-likeness (QED) is 0.379. The van der Waals surface area contributed by atoms with Crippen molar-refractivity contribution in [1.82, 2.24) is 9.69 Å². The average molecular weight is 538 g/mol. The molecule has 2 heterocycles. The van der Waals surface area contributed by atoms with Gasteiger partial charge in [0.15, 0.2) is 5.69 Å². The predicted octanol–water partition coefficient (Wildman–Crippen LogP) is 3.13. The number of nitrogen functional groups attached to an aromatic ring is 1. The van der Waals surface area contributed by atoms with Gasteiger partial charge in [0.2, 0.25) is 5.91 Å². The minimum absolute atomic E-state index is 0.0187. The number of primary amides is 1. The van der Waals surface area contributed by atoms with Gasteiger partial charge in [-0.05, 0) is 73.1 Å². The summed E-state index contributed by atoms with van der Waals surface area (Å²) in [4.78, 5) is 41.3. The first-order valence-electron chi connectivity index (χ1n) is 12.2. The number of amides is 3. The van der Waals surface area contributed by atoms with Gasteiger partial charge in [-0.2, -0.15) is 4.37 Å². The highest BCUT2D eigenvalue weighted by Gasteiger charge is 2.37. The molecule has 3 amide bonds. The van der Waals surface area contributed by atoms with Gasteiger partial charge in [-0.25, -0.2) is 0 Å². The van der Waals surface area contributed by atoms with Crippen LogP contribution in [-0.2, 0) is 9.53 Å². The lowest BCUT2D eigenvalue weighted by atomic mass is 9.99. The lowest BCUT2D eigenvalue weighted by molar-refractivity contribution is -0.123. The average Bonchev–Trinajstić information content (AvgIpc) is 3.57. The zero-order valence-electron chi connectivity index (χ0n) is 21.5. The molecule has 38 heavy (non-hydrogen) atoms. The summed E-state index contributed by atoms with van der Waals surface area (Å²) in [5.74, 6) is -1.20. The highest BCUT2D eigenvalue weighted by Crippen LogP contribution is 2.36. The van der Waals surface area contributed by atoms with Crippen LogP contribution in [0.4, 0.5) is 11.4 Å². The van der Waals surface area contributed by atoms with Gasteiger partial charge >= 0.3 is 0 Å². The molecule has 0 radical (unpaired) electrons. The van der Waals surface area contributed by atoms with Gasteiger partial charge in [0, 0.05) is 18.8 Å². The number of anilines is 2. The number of aromatic nitrogens is 1. The van der Waals surface area contributed by atoms with E-state index in [4.69, 9.17) is 20.9 Å². The third kappa shape index (κ3) is 5.48. The van der Waals surface area contributed by atoms with Crippen LogP contribution in [0, 0.1) is 13.8 Å². The van der Waals surface area contributed by atoms with Gasteiger partial charge in [0.05, 0.1) is 18.9 Å². The molecule has 5 N–H and O–H groups in total. The van der Waals surface area contributed by atoms with Crippen LogP contribution < -0.4 is 26.4 Å². The van der Waals surface area contributed by atoms with Crippen LogP contribution in [-0.4, -0.2) is 48.5 Å². The first kappa shape index (κ1) is 27.1. The SMILES string of the molecule is COc1ccc([C@H](C(=O)NC[C@@H]2CCCO2)N(C(=O)c2snc(C(N)=O)c2N)c2cccc(C)c2C)cc1. The maximum atomic E-state index is 14.2. The molecule has 0 bridgehead atoms. The van der Waals surface area contributed by atoms with Gasteiger partial charge in [0.25, 0.3) is 11.8 Å². The van der Waals surface area contributed by atoms with E-state index in [1.54, 1.807) is 37.4 Å². The molecular formula is C27H31N5O5S. The first-order chi connectivity index (χ1) is 18.2. The zero-order valence-corrected chi connectivity index (χ0v) is 22.3. The minimum atomic E-state index is -1.08. The number of nitrogens with one attached hydrogen (secondary N) is 1. The monoisotopic (exact) mass is 537 g/mol. The van der Waals surface area contributed by atoms with E-state index in [2.05, 4.69) is 9.69 Å². The normalized spacial score (nSPS) is 15.6. The number of hydrogen-bond acceptors (Lipinski definition) is 8. The van der Waals surface area contributed by atoms with E-state index in [0.717, 1.165) is 35.5 Å². The largest absolute Gasteiger partial charge is 0.497 e. The molecule has 200 valence electrons. The molecule has 0 saturated carbocycles. The van der Waals surface area contributed by atoms with E-state index in [0.29, 0.717) is 30.2 Å². The lowest BCUT2D eigenvalue weighted by Gasteiger charge is -2.33. The zero-order chi connectivity index (χ0) is 27.4. The Morgan fingerprint density at radius 1 is 1.21 bits per heavy atom. The van der Waals surface area contributed by atoms with E-state index in [1.165, 1.54) is 4.90 Å². The summed E-state index contributed by atoms with van der Waals surface area (Å²) >= 11 is 0.771. The number of carbonyl (C=O) groups is 3. The highest BCUT2D eigenvalue weighted by molar-refractivity contribution is 7.09. The summed E-state index contributed by atoms with van der Waals surface area (Å²) in [5.41, 5.74) is 14.1. The van der Waals surface area contributed by atoms with Gasteiger partial charge in [0.1, 0.15) is 16.7 Å². The van der Waals surface area contributed by atoms with Crippen LogP contribution in [0.5, 0.6) is 5.75 Å². The minimum Gasteiger partial charge on any atom is -0.497 e. The van der Waals surface area contributed by atoms with Crippen LogP contribution in [0.3, 0.4) is 0 Å². The van der Waals surface area contributed by atoms with Crippen molar-refractivity contribution in [2.75, 3.05) is 30.9 Å². The molecule has 10 nitrogen and oxygen atoms in total. The van der Waals surface area contributed by atoms with Crippen LogP contribution in [0.2, 0.25) is 0 Å². The Labute approximate surface area is 225 Å². The van der Waals surface area contributed by atoms with E-state index in [1.807, 2.05) is 26.0 Å². The number of methoxy groups -OCH3 is 1. The lowest BCUT2D eigenvalue weighted by Crippen LogP contribution is -2.46. The van der Waals surface area contributed by atoms with Gasteiger partial charge in [-0.1, -0.05) is 24.3 Å². The van der Waals surface area contributed by atoms with E-state index >= 15 is 0 Å². The number of nitrogens with two attached hydrogens (primary N) is 2. The summed E-state index contributed by atoms with van der Waals surface area (Å²) in [5, 5.41) is 2.97. The van der Waals surface area contributed by atoms with Crippen molar-refractivity contribution in [2.45, 2.75) is 38.8 Å². The number of aryl methyl sites for hydroxylation is 1. The molecule has 0 unspecified atom stereocenters. The number of rotatable bonds is 9. The van der Waals surface area contributed by atoms with E-state index < -0.39 is 23.8 Å².